The molecule has 2 rings (SSSR count). The second-order valence-electron chi connectivity index (χ2n) is 8.36. The summed E-state index contributed by atoms with van der Waals surface area (Å²) >= 11 is 0. The van der Waals surface area contributed by atoms with Crippen LogP contribution < -0.4 is 5.32 Å². The van der Waals surface area contributed by atoms with Gasteiger partial charge in [0.2, 0.25) is 0 Å². The van der Waals surface area contributed by atoms with E-state index in [1.54, 1.807) is 13.4 Å². The quantitative estimate of drug-likeness (QED) is 0.247. The number of furan rings is 1. The van der Waals surface area contributed by atoms with Crippen molar-refractivity contribution in [3.8, 4) is 0 Å². The van der Waals surface area contributed by atoms with Crippen LogP contribution in [-0.2, 0) is 11.2 Å². The third-order valence-electron chi connectivity index (χ3n) is 5.93. The third-order valence-corrected chi connectivity index (χ3v) is 5.93. The van der Waals surface area contributed by atoms with Gasteiger partial charge in [-0.3, -0.25) is 4.99 Å². The highest BCUT2D eigenvalue weighted by Gasteiger charge is 2.22. The van der Waals surface area contributed by atoms with Crippen LogP contribution in [-0.4, -0.2) is 75.3 Å². The lowest BCUT2D eigenvalue weighted by Crippen LogP contribution is -2.48. The minimum atomic E-state index is 0. The van der Waals surface area contributed by atoms with E-state index in [0.29, 0.717) is 6.04 Å². The molecule has 0 aromatic carbocycles. The van der Waals surface area contributed by atoms with Crippen LogP contribution in [0.3, 0.4) is 0 Å². The normalized spacial score (nSPS) is 16.6. The monoisotopic (exact) mass is 534 g/mol. The Balaban J connectivity index is 0.00000450. The van der Waals surface area contributed by atoms with E-state index < -0.39 is 0 Å². The van der Waals surface area contributed by atoms with Gasteiger partial charge in [-0.2, -0.15) is 0 Å². The number of nitrogens with zero attached hydrogens (tertiary/aromatic N) is 3. The lowest BCUT2D eigenvalue weighted by atomic mass is 9.92. The Morgan fingerprint density at radius 3 is 2.77 bits per heavy atom. The Hall–Kier alpha value is -0.800. The lowest BCUT2D eigenvalue weighted by Gasteiger charge is -2.35. The maximum absolute atomic E-state index is 5.44. The van der Waals surface area contributed by atoms with Gasteiger partial charge in [0.1, 0.15) is 5.76 Å². The van der Waals surface area contributed by atoms with Crippen molar-refractivity contribution in [2.45, 2.75) is 58.4 Å². The summed E-state index contributed by atoms with van der Waals surface area (Å²) in [6.45, 7) is 10.4. The summed E-state index contributed by atoms with van der Waals surface area (Å²) in [4.78, 5) is 9.73. The number of hydrogen-bond acceptors (Lipinski definition) is 4. The lowest BCUT2D eigenvalue weighted by molar-refractivity contribution is 0.158. The van der Waals surface area contributed by atoms with Crippen LogP contribution in [0.15, 0.2) is 27.8 Å². The van der Waals surface area contributed by atoms with Crippen LogP contribution in [0.5, 0.6) is 0 Å². The number of ether oxygens (including phenoxy) is 1. The van der Waals surface area contributed by atoms with E-state index in [2.05, 4.69) is 36.0 Å². The fourth-order valence-corrected chi connectivity index (χ4v) is 3.73. The maximum atomic E-state index is 5.44. The molecule has 1 aromatic heterocycles. The van der Waals surface area contributed by atoms with E-state index in [4.69, 9.17) is 14.1 Å². The highest BCUT2D eigenvalue weighted by molar-refractivity contribution is 14.0. The molecule has 1 aromatic rings. The van der Waals surface area contributed by atoms with Crippen molar-refractivity contribution >= 4 is 29.9 Å². The first-order valence-electron chi connectivity index (χ1n) is 11.4. The van der Waals surface area contributed by atoms with Crippen molar-refractivity contribution in [1.82, 2.24) is 15.1 Å². The summed E-state index contributed by atoms with van der Waals surface area (Å²) in [5.74, 6) is 2.92. The fourth-order valence-electron chi connectivity index (χ4n) is 3.73. The van der Waals surface area contributed by atoms with Crippen LogP contribution in [0.4, 0.5) is 0 Å². The Bertz CT molecular complexity index is 560. The predicted octanol–water partition coefficient (Wildman–Crippen LogP) is 4.25. The van der Waals surface area contributed by atoms with Gasteiger partial charge < -0.3 is 24.3 Å². The van der Waals surface area contributed by atoms with Gasteiger partial charge in [-0.1, -0.05) is 6.92 Å². The number of methoxy groups -OCH3 is 1. The Morgan fingerprint density at radius 2 is 2.13 bits per heavy atom. The maximum Gasteiger partial charge on any atom is 0.194 e. The van der Waals surface area contributed by atoms with Crippen molar-refractivity contribution in [3.63, 3.8) is 0 Å². The van der Waals surface area contributed by atoms with E-state index in [0.717, 1.165) is 63.3 Å². The van der Waals surface area contributed by atoms with E-state index >= 15 is 0 Å². The van der Waals surface area contributed by atoms with Gasteiger partial charge in [0, 0.05) is 45.8 Å². The van der Waals surface area contributed by atoms with Crippen molar-refractivity contribution in [3.05, 3.63) is 24.2 Å². The zero-order valence-electron chi connectivity index (χ0n) is 19.4. The Morgan fingerprint density at radius 1 is 1.37 bits per heavy atom. The molecule has 0 radical (unpaired) electrons. The molecule has 0 aliphatic carbocycles. The largest absolute Gasteiger partial charge is 0.469 e. The van der Waals surface area contributed by atoms with E-state index in [-0.39, 0.29) is 24.0 Å². The molecule has 0 saturated carbocycles. The first kappa shape index (κ1) is 27.2. The SMILES string of the molecule is CCC(C)NC(=NCCc1ccco1)N1CCC(CCCN(C)CCOC)CC1.I. The van der Waals surface area contributed by atoms with Crippen LogP contribution in [0, 0.1) is 5.92 Å². The third kappa shape index (κ3) is 10.5. The van der Waals surface area contributed by atoms with Gasteiger partial charge in [-0.25, -0.2) is 0 Å². The number of guanidine groups is 1. The molecule has 1 atom stereocenters. The van der Waals surface area contributed by atoms with Crippen molar-refractivity contribution in [1.29, 1.82) is 0 Å². The van der Waals surface area contributed by atoms with Gasteiger partial charge in [-0.15, -0.1) is 24.0 Å². The standard InChI is InChI=1S/C23H42N4O2.HI/c1-5-20(2)25-23(24-13-10-22-9-7-18-29-22)27-15-11-21(12-16-27)8-6-14-26(3)17-19-28-4;/h7,9,18,20-21H,5-6,8,10-17,19H2,1-4H3,(H,24,25);1H. The molecule has 1 aliphatic heterocycles. The molecule has 1 N–H and O–H groups in total. The molecule has 0 amide bonds. The number of likely N-dealkylation sites (tertiary alicyclic amines) is 1. The number of hydrogen-bond donors (Lipinski definition) is 1. The molecule has 0 bridgehead atoms. The summed E-state index contributed by atoms with van der Waals surface area (Å²) in [6, 6.07) is 4.41. The fraction of sp³-hybridized carbons (Fsp3) is 0.783. The molecule has 30 heavy (non-hydrogen) atoms. The second-order valence-corrected chi connectivity index (χ2v) is 8.36. The summed E-state index contributed by atoms with van der Waals surface area (Å²) < 4.78 is 10.6. The second kappa shape index (κ2) is 15.9. The summed E-state index contributed by atoms with van der Waals surface area (Å²) in [5, 5.41) is 3.64. The van der Waals surface area contributed by atoms with Crippen LogP contribution in [0.1, 0.15) is 51.7 Å². The molecule has 1 fully saturated rings. The molecule has 2 heterocycles. The average Bonchev–Trinajstić information content (AvgIpc) is 3.25. The van der Waals surface area contributed by atoms with Crippen LogP contribution in [0.25, 0.3) is 0 Å². The van der Waals surface area contributed by atoms with Crippen molar-refractivity contribution in [2.24, 2.45) is 10.9 Å². The zero-order chi connectivity index (χ0) is 20.9. The number of aliphatic imine (C=N–C) groups is 1. The number of nitrogens with one attached hydrogen (secondary N) is 1. The Labute approximate surface area is 200 Å². The minimum absolute atomic E-state index is 0. The smallest absolute Gasteiger partial charge is 0.194 e. The summed E-state index contributed by atoms with van der Waals surface area (Å²) in [7, 11) is 3.96. The van der Waals surface area contributed by atoms with Gasteiger partial charge in [0.05, 0.1) is 12.9 Å². The van der Waals surface area contributed by atoms with E-state index in [9.17, 15) is 0 Å². The Kier molecular flexibility index (Phi) is 14.5. The van der Waals surface area contributed by atoms with E-state index in [1.807, 2.05) is 12.1 Å². The number of rotatable bonds is 12. The first-order chi connectivity index (χ1) is 14.1. The topological polar surface area (TPSA) is 53.2 Å². The van der Waals surface area contributed by atoms with Gasteiger partial charge in [0.25, 0.3) is 0 Å². The highest BCUT2D eigenvalue weighted by Crippen LogP contribution is 2.22. The molecule has 0 spiro atoms. The van der Waals surface area contributed by atoms with Gasteiger partial charge >= 0.3 is 0 Å². The number of piperidine rings is 1. The molecule has 6 nitrogen and oxygen atoms in total. The first-order valence-corrected chi connectivity index (χ1v) is 11.4. The molecule has 7 heteroatoms. The zero-order valence-corrected chi connectivity index (χ0v) is 21.8. The predicted molar refractivity (Wildman–Crippen MR) is 136 cm³/mol. The molecule has 1 unspecified atom stereocenters. The molecular weight excluding hydrogens is 491 g/mol. The summed E-state index contributed by atoms with van der Waals surface area (Å²) in [6.07, 6.45) is 8.82. The van der Waals surface area contributed by atoms with Crippen LogP contribution in [0.2, 0.25) is 0 Å². The van der Waals surface area contributed by atoms with Gasteiger partial charge in [-0.05, 0) is 70.7 Å². The number of likely N-dealkylation sites (N-methyl/N-ethyl adjacent to an activating group) is 1. The molecular formula is C23H43IN4O2. The number of halogens is 1. The van der Waals surface area contributed by atoms with Crippen molar-refractivity contribution < 1.29 is 9.15 Å². The average molecular weight is 535 g/mol. The van der Waals surface area contributed by atoms with E-state index in [1.165, 1.54) is 32.2 Å². The van der Waals surface area contributed by atoms with Crippen LogP contribution >= 0.6 is 24.0 Å². The van der Waals surface area contributed by atoms with Crippen molar-refractivity contribution in [2.75, 3.05) is 53.5 Å². The molecule has 174 valence electrons. The summed E-state index contributed by atoms with van der Waals surface area (Å²) in [5.41, 5.74) is 0. The minimum Gasteiger partial charge on any atom is -0.469 e. The highest BCUT2D eigenvalue weighted by atomic mass is 127. The molecule has 1 aliphatic rings. The molecule has 1 saturated heterocycles. The van der Waals surface area contributed by atoms with Gasteiger partial charge in [0.15, 0.2) is 5.96 Å².